The van der Waals surface area contributed by atoms with Gasteiger partial charge < -0.3 is 0 Å². The maximum Gasteiger partial charge on any atom is 0.151 e. The first-order valence-electron chi connectivity index (χ1n) is 8.86. The molecule has 0 heterocycles. The molecule has 0 aliphatic heterocycles. The lowest BCUT2D eigenvalue weighted by Crippen LogP contribution is -2.85. The van der Waals surface area contributed by atoms with Gasteiger partial charge in [-0.2, -0.15) is 0 Å². The van der Waals surface area contributed by atoms with Crippen molar-refractivity contribution in [1.29, 1.82) is 0 Å². The molecule has 1 unspecified atom stereocenters. The number of hydrogen-bond acceptors (Lipinski definition) is 0. The Morgan fingerprint density at radius 2 is 1.23 bits per heavy atom. The second-order valence-electron chi connectivity index (χ2n) is 11.2. The first-order chi connectivity index (χ1) is 9.48. The van der Waals surface area contributed by atoms with Gasteiger partial charge in [0.05, 0.1) is 0 Å². The molecule has 0 saturated carbocycles. The monoisotopic (exact) mass is 371 g/mol. The molecule has 5 heteroatoms. The average Bonchev–Trinajstić information content (AvgIpc) is 2.18. The van der Waals surface area contributed by atoms with Gasteiger partial charge in [0.2, 0.25) is 0 Å². The first kappa shape index (κ1) is 20.5. The van der Waals surface area contributed by atoms with E-state index in [1.807, 2.05) is 0 Å². The van der Waals surface area contributed by atoms with Crippen molar-refractivity contribution in [2.75, 3.05) is 0 Å². The second kappa shape index (κ2) is 5.74. The lowest BCUT2D eigenvalue weighted by Gasteiger charge is -2.64. The fourth-order valence-corrected chi connectivity index (χ4v) is 112. The van der Waals surface area contributed by atoms with E-state index in [1.54, 1.807) is 0 Å². The molecule has 1 atom stereocenters. The maximum atomic E-state index is 12.4. The molecule has 1 aliphatic carbocycles. The van der Waals surface area contributed by atoms with Gasteiger partial charge in [-0.1, -0.05) is 72.8 Å². The van der Waals surface area contributed by atoms with Crippen LogP contribution in [0, 0.1) is 5.41 Å². The molecule has 0 fully saturated rings. The SMILES string of the molecule is CC1(C)CCC([O])=CC1[Si]([Si](C)(C)C)([Si](C)(C)C)[Si](C)(C)C. The van der Waals surface area contributed by atoms with Crippen molar-refractivity contribution in [3.05, 3.63) is 11.8 Å². The van der Waals surface area contributed by atoms with Crippen molar-refractivity contribution >= 4 is 29.4 Å². The molecule has 0 spiro atoms. The van der Waals surface area contributed by atoms with Crippen LogP contribution in [0.5, 0.6) is 0 Å². The van der Waals surface area contributed by atoms with Gasteiger partial charge in [-0.25, -0.2) is 0 Å². The van der Waals surface area contributed by atoms with Gasteiger partial charge in [0.1, 0.15) is 0 Å². The summed E-state index contributed by atoms with van der Waals surface area (Å²) >= 11 is 0. The van der Waals surface area contributed by atoms with Gasteiger partial charge >= 0.3 is 0 Å². The van der Waals surface area contributed by atoms with Crippen LogP contribution < -0.4 is 0 Å². The van der Waals surface area contributed by atoms with Crippen molar-refractivity contribution in [2.24, 2.45) is 5.41 Å². The van der Waals surface area contributed by atoms with Crippen LogP contribution in [-0.4, -0.2) is 29.4 Å². The molecule has 0 aromatic rings. The lowest BCUT2D eigenvalue weighted by molar-refractivity contribution is 0.222. The Labute approximate surface area is 143 Å². The molecule has 0 N–H and O–H groups in total. The molecule has 0 saturated heterocycles. The lowest BCUT2D eigenvalue weighted by atomic mass is 9.80. The molecule has 129 valence electrons. The normalized spacial score (nSPS) is 24.1. The van der Waals surface area contributed by atoms with E-state index in [0.717, 1.165) is 12.8 Å². The van der Waals surface area contributed by atoms with Crippen LogP contribution >= 0.6 is 0 Å². The summed E-state index contributed by atoms with van der Waals surface area (Å²) in [6.07, 6.45) is 4.13. The average molecular weight is 372 g/mol. The van der Waals surface area contributed by atoms with E-state index in [0.29, 0.717) is 16.7 Å². The molecular formula is C17H39OSi4. The van der Waals surface area contributed by atoms with Crippen molar-refractivity contribution in [1.82, 2.24) is 0 Å². The van der Waals surface area contributed by atoms with Crippen LogP contribution in [0.4, 0.5) is 0 Å². The van der Waals surface area contributed by atoms with E-state index >= 15 is 0 Å². The van der Waals surface area contributed by atoms with Crippen LogP contribution in [0.1, 0.15) is 26.7 Å². The van der Waals surface area contributed by atoms with Gasteiger partial charge in [0.25, 0.3) is 0 Å². The predicted molar refractivity (Wildman–Crippen MR) is 111 cm³/mol. The zero-order chi connectivity index (χ0) is 17.8. The largest absolute Gasteiger partial charge is 0.295 e. The summed E-state index contributed by atoms with van der Waals surface area (Å²) in [5.74, 6) is 0.441. The van der Waals surface area contributed by atoms with E-state index in [9.17, 15) is 5.11 Å². The van der Waals surface area contributed by atoms with E-state index < -0.39 is 29.4 Å². The molecule has 1 aliphatic rings. The van der Waals surface area contributed by atoms with Gasteiger partial charge in [-0.15, -0.1) is 0 Å². The number of rotatable bonds is 4. The molecule has 0 amide bonds. The van der Waals surface area contributed by atoms with Crippen molar-refractivity contribution < 1.29 is 5.11 Å². The van der Waals surface area contributed by atoms with E-state index in [1.165, 1.54) is 0 Å². The second-order valence-corrected chi connectivity index (χ2v) is 52.0. The highest BCUT2D eigenvalue weighted by Gasteiger charge is 2.67. The zero-order valence-electron chi connectivity index (χ0n) is 17.0. The standard InChI is InChI=1S/C17H39OSi4/c1-17(2)13-12-15(18)14-16(17)22(19(3,4)5,20(6,7)8)21(9,10)11/h14,16H,12-13H2,1-11H3. The predicted octanol–water partition coefficient (Wildman–Crippen LogP) is 6.19. The third-order valence-corrected chi connectivity index (χ3v) is 79.8. The number of hydrogen-bond donors (Lipinski definition) is 0. The van der Waals surface area contributed by atoms with Crippen molar-refractivity contribution in [2.45, 2.75) is 91.2 Å². The summed E-state index contributed by atoms with van der Waals surface area (Å²) in [6.45, 7) is 27.1. The zero-order valence-corrected chi connectivity index (χ0v) is 21.0. The third kappa shape index (κ3) is 3.15. The Morgan fingerprint density at radius 1 is 0.864 bits per heavy atom. The Kier molecular flexibility index (Phi) is 5.34. The van der Waals surface area contributed by atoms with Gasteiger partial charge in [0.15, 0.2) is 5.76 Å². The minimum Gasteiger partial charge on any atom is -0.295 e. The van der Waals surface area contributed by atoms with Gasteiger partial charge in [-0.05, 0) is 23.5 Å². The van der Waals surface area contributed by atoms with E-state index in [4.69, 9.17) is 0 Å². The van der Waals surface area contributed by atoms with Crippen molar-refractivity contribution in [3.8, 4) is 0 Å². The smallest absolute Gasteiger partial charge is 0.151 e. The quantitative estimate of drug-likeness (QED) is 0.525. The van der Waals surface area contributed by atoms with Crippen LogP contribution in [-0.2, 0) is 5.11 Å². The van der Waals surface area contributed by atoms with Crippen LogP contribution in [0.2, 0.25) is 64.5 Å². The van der Waals surface area contributed by atoms with Crippen molar-refractivity contribution in [3.63, 3.8) is 0 Å². The van der Waals surface area contributed by atoms with E-state index in [-0.39, 0.29) is 0 Å². The van der Waals surface area contributed by atoms with E-state index in [2.05, 4.69) is 78.8 Å². The molecule has 1 nitrogen and oxygen atoms in total. The fourth-order valence-electron chi connectivity index (χ4n) is 6.58. The fraction of sp³-hybridized carbons (Fsp3) is 0.882. The first-order valence-corrected chi connectivity index (χ1v) is 24.4. The summed E-state index contributed by atoms with van der Waals surface area (Å²) in [5, 5.41) is 12.4. The minimum atomic E-state index is -1.54. The van der Waals surface area contributed by atoms with Crippen LogP contribution in [0.25, 0.3) is 0 Å². The summed E-state index contributed by atoms with van der Waals surface area (Å²) < 4.78 is 0. The summed E-state index contributed by atoms with van der Waals surface area (Å²) in [7, 11) is -4.00. The van der Waals surface area contributed by atoms with Crippen LogP contribution in [0.3, 0.4) is 0 Å². The van der Waals surface area contributed by atoms with Gasteiger partial charge in [-0.3, -0.25) is 5.11 Å². The third-order valence-electron chi connectivity index (χ3n) is 6.23. The Hall–Kier alpha value is 0.408. The number of allylic oxidation sites excluding steroid dienone is 2. The highest BCUT2D eigenvalue weighted by atomic mass is 29.9. The molecule has 1 radical (unpaired) electrons. The minimum absolute atomic E-state index is 0.320. The summed E-state index contributed by atoms with van der Waals surface area (Å²) in [6, 6.07) is 0. The Morgan fingerprint density at radius 3 is 1.55 bits per heavy atom. The summed E-state index contributed by atoms with van der Waals surface area (Å²) in [4.78, 5) is 0. The highest BCUT2D eigenvalue weighted by Crippen LogP contribution is 2.56. The molecule has 0 bridgehead atoms. The highest BCUT2D eigenvalue weighted by molar-refractivity contribution is 7.89. The molecule has 1 rings (SSSR count). The Bertz CT molecular complexity index is 411. The topological polar surface area (TPSA) is 19.9 Å². The molecule has 22 heavy (non-hydrogen) atoms. The molecule has 0 aromatic heterocycles. The van der Waals surface area contributed by atoms with Gasteiger partial charge in [0, 0.05) is 35.8 Å². The maximum absolute atomic E-state index is 12.4. The molecule has 0 aromatic carbocycles. The Balaban J connectivity index is 3.82. The summed E-state index contributed by atoms with van der Waals surface area (Å²) in [5.41, 5.74) is 0.937. The van der Waals surface area contributed by atoms with Crippen LogP contribution in [0.15, 0.2) is 11.8 Å². The molecular weight excluding hydrogens is 333 g/mol.